The zero-order valence-corrected chi connectivity index (χ0v) is 21.8. The van der Waals surface area contributed by atoms with Crippen LogP contribution in [0.5, 0.6) is 5.88 Å². The summed E-state index contributed by atoms with van der Waals surface area (Å²) in [7, 11) is 2.12. The maximum Gasteiger partial charge on any atom is 0.218 e. The zero-order chi connectivity index (χ0) is 25.0. The van der Waals surface area contributed by atoms with E-state index in [0.717, 1.165) is 54.7 Å². The molecule has 0 unspecified atom stereocenters. The summed E-state index contributed by atoms with van der Waals surface area (Å²) in [6.45, 7) is 3.97. The Hall–Kier alpha value is -2.71. The maximum atomic E-state index is 9.87. The molecule has 2 aliphatic heterocycles. The van der Waals surface area contributed by atoms with Crippen molar-refractivity contribution in [2.75, 3.05) is 25.9 Å². The molecule has 0 aromatic carbocycles. The highest BCUT2D eigenvalue weighted by molar-refractivity contribution is 7.16. The first-order valence-electron chi connectivity index (χ1n) is 12.2. The van der Waals surface area contributed by atoms with Gasteiger partial charge in [-0.2, -0.15) is 10.2 Å². The SMILES string of the molecule is C[C@H](Oc1cc(Cl)nc(-c2noc3c2CCC[C@@]32COCc3sc(N)c(C#N)c32)n1)[C@@H]1CCCN1C. The van der Waals surface area contributed by atoms with Crippen LogP contribution in [0.25, 0.3) is 11.5 Å². The number of likely N-dealkylation sites (N-methyl/N-ethyl adjacent to an activating group) is 1. The summed E-state index contributed by atoms with van der Waals surface area (Å²) < 4.78 is 18.2. The topological polar surface area (TPSA) is 123 Å². The second kappa shape index (κ2) is 8.99. The third kappa shape index (κ3) is 3.68. The van der Waals surface area contributed by atoms with Gasteiger partial charge in [0.25, 0.3) is 0 Å². The van der Waals surface area contributed by atoms with Crippen molar-refractivity contribution in [3.05, 3.63) is 38.5 Å². The molecule has 188 valence electrons. The van der Waals surface area contributed by atoms with Crippen LogP contribution in [0.15, 0.2) is 10.6 Å². The second-order valence-electron chi connectivity index (χ2n) is 9.88. The van der Waals surface area contributed by atoms with Crippen LogP contribution in [0.4, 0.5) is 5.00 Å². The quantitative estimate of drug-likeness (QED) is 0.495. The Balaban J connectivity index is 1.39. The van der Waals surface area contributed by atoms with Gasteiger partial charge in [-0.1, -0.05) is 16.8 Å². The monoisotopic (exact) mass is 526 g/mol. The van der Waals surface area contributed by atoms with Crippen molar-refractivity contribution < 1.29 is 14.0 Å². The first-order valence-corrected chi connectivity index (χ1v) is 13.4. The number of nitriles is 1. The van der Waals surface area contributed by atoms with Crippen molar-refractivity contribution in [1.29, 1.82) is 5.26 Å². The van der Waals surface area contributed by atoms with Crippen LogP contribution in [0, 0.1) is 11.3 Å². The van der Waals surface area contributed by atoms with Crippen LogP contribution in [-0.4, -0.2) is 52.4 Å². The van der Waals surface area contributed by atoms with Gasteiger partial charge >= 0.3 is 0 Å². The summed E-state index contributed by atoms with van der Waals surface area (Å²) >= 11 is 7.82. The summed E-state index contributed by atoms with van der Waals surface area (Å²) in [6, 6.07) is 4.28. The molecule has 0 radical (unpaired) electrons. The molecule has 3 aliphatic rings. The number of thiophene rings is 1. The van der Waals surface area contributed by atoms with Crippen LogP contribution in [0.3, 0.4) is 0 Å². The number of nitrogens with zero attached hydrogens (tertiary/aromatic N) is 5. The molecule has 1 fully saturated rings. The number of likely N-dealkylation sites (tertiary alicyclic amines) is 1. The minimum absolute atomic E-state index is 0.0444. The van der Waals surface area contributed by atoms with Gasteiger partial charge in [-0.15, -0.1) is 11.3 Å². The van der Waals surface area contributed by atoms with Gasteiger partial charge in [-0.3, -0.25) is 4.90 Å². The predicted octanol–water partition coefficient (Wildman–Crippen LogP) is 4.31. The van der Waals surface area contributed by atoms with Crippen molar-refractivity contribution in [3.63, 3.8) is 0 Å². The first-order chi connectivity index (χ1) is 17.4. The van der Waals surface area contributed by atoms with Crippen LogP contribution in [0.2, 0.25) is 5.15 Å². The van der Waals surface area contributed by atoms with Gasteiger partial charge < -0.3 is 19.7 Å². The summed E-state index contributed by atoms with van der Waals surface area (Å²) in [5.74, 6) is 1.49. The summed E-state index contributed by atoms with van der Waals surface area (Å²) in [4.78, 5) is 12.4. The molecule has 36 heavy (non-hydrogen) atoms. The fraction of sp³-hybridized carbons (Fsp3) is 0.520. The van der Waals surface area contributed by atoms with E-state index in [0.29, 0.717) is 53.0 Å². The number of anilines is 1. The van der Waals surface area contributed by atoms with Crippen LogP contribution in [0.1, 0.15) is 59.9 Å². The molecule has 6 rings (SSSR count). The summed E-state index contributed by atoms with van der Waals surface area (Å²) in [5, 5.41) is 15.1. The summed E-state index contributed by atoms with van der Waals surface area (Å²) in [6.07, 6.45) is 4.61. The van der Waals surface area contributed by atoms with Gasteiger partial charge in [0.05, 0.1) is 24.2 Å². The molecule has 0 bridgehead atoms. The molecule has 9 nitrogen and oxygen atoms in total. The van der Waals surface area contributed by atoms with E-state index in [9.17, 15) is 5.26 Å². The first kappa shape index (κ1) is 23.7. The number of fused-ring (bicyclic) bond motifs is 4. The van der Waals surface area contributed by atoms with E-state index in [1.165, 1.54) is 11.3 Å². The Morgan fingerprint density at radius 3 is 3.03 bits per heavy atom. The Bertz CT molecular complexity index is 1360. The summed E-state index contributed by atoms with van der Waals surface area (Å²) in [5.41, 5.74) is 8.51. The number of hydrogen-bond donors (Lipinski definition) is 1. The van der Waals surface area contributed by atoms with E-state index < -0.39 is 5.41 Å². The molecule has 2 N–H and O–H groups in total. The van der Waals surface area contributed by atoms with Crippen LogP contribution >= 0.6 is 22.9 Å². The number of nitrogen functional groups attached to an aromatic ring is 1. The molecular weight excluding hydrogens is 500 g/mol. The molecule has 5 heterocycles. The largest absolute Gasteiger partial charge is 0.473 e. The molecule has 0 saturated carbocycles. The van der Waals surface area contributed by atoms with Crippen LogP contribution < -0.4 is 10.5 Å². The van der Waals surface area contributed by atoms with E-state index in [4.69, 9.17) is 31.3 Å². The van der Waals surface area contributed by atoms with E-state index in [1.807, 2.05) is 0 Å². The lowest BCUT2D eigenvalue weighted by molar-refractivity contribution is 0.0503. The maximum absolute atomic E-state index is 9.87. The highest BCUT2D eigenvalue weighted by Crippen LogP contribution is 2.52. The fourth-order valence-corrected chi connectivity index (χ4v) is 7.35. The number of ether oxygens (including phenoxy) is 2. The second-order valence-corrected chi connectivity index (χ2v) is 11.4. The molecule has 3 aromatic heterocycles. The lowest BCUT2D eigenvalue weighted by Gasteiger charge is -2.38. The van der Waals surface area contributed by atoms with Gasteiger partial charge in [-0.05, 0) is 52.6 Å². The van der Waals surface area contributed by atoms with Crippen molar-refractivity contribution in [1.82, 2.24) is 20.0 Å². The number of nitrogens with two attached hydrogens (primary N) is 1. The standard InChI is InChI=1S/C25H27ClN6O3S/c1-13(16-6-4-8-32(16)2)34-19-9-18(26)29-24(30-19)21-14-5-3-7-25(22(14)35-31-21)12-33-11-17-20(25)15(10-27)23(28)36-17/h9,13,16H,3-8,11-12,28H2,1-2H3/t13-,16-,25-/m0/s1. The Kier molecular flexibility index (Phi) is 5.91. The molecule has 0 amide bonds. The number of hydrogen-bond acceptors (Lipinski definition) is 10. The molecule has 1 aliphatic carbocycles. The normalized spacial score (nSPS) is 24.3. The van der Waals surface area contributed by atoms with E-state index in [2.05, 4.69) is 40.1 Å². The average Bonchev–Trinajstić information content (AvgIpc) is 3.56. The molecule has 3 aromatic rings. The Morgan fingerprint density at radius 1 is 1.39 bits per heavy atom. The highest BCUT2D eigenvalue weighted by atomic mass is 35.5. The number of rotatable bonds is 4. The van der Waals surface area contributed by atoms with E-state index >= 15 is 0 Å². The van der Waals surface area contributed by atoms with Gasteiger partial charge in [-0.25, -0.2) is 4.98 Å². The third-order valence-corrected chi connectivity index (χ3v) is 8.93. The van der Waals surface area contributed by atoms with E-state index in [1.54, 1.807) is 6.07 Å². The van der Waals surface area contributed by atoms with Gasteiger partial charge in [0.1, 0.15) is 22.3 Å². The Morgan fingerprint density at radius 2 is 2.25 bits per heavy atom. The molecule has 3 atom stereocenters. The van der Waals surface area contributed by atoms with Gasteiger partial charge in [0, 0.05) is 28.1 Å². The molecule has 11 heteroatoms. The third-order valence-electron chi connectivity index (χ3n) is 7.74. The van der Waals surface area contributed by atoms with Crippen molar-refractivity contribution >= 4 is 27.9 Å². The van der Waals surface area contributed by atoms with Crippen molar-refractivity contribution in [2.24, 2.45) is 0 Å². The minimum Gasteiger partial charge on any atom is -0.473 e. The fourth-order valence-electron chi connectivity index (χ4n) is 6.12. The molecule has 1 spiro atoms. The smallest absolute Gasteiger partial charge is 0.218 e. The number of aromatic nitrogens is 3. The zero-order valence-electron chi connectivity index (χ0n) is 20.2. The predicted molar refractivity (Wildman–Crippen MR) is 135 cm³/mol. The lowest BCUT2D eigenvalue weighted by atomic mass is 9.68. The van der Waals surface area contributed by atoms with Crippen molar-refractivity contribution in [2.45, 2.75) is 63.2 Å². The minimum atomic E-state index is -0.606. The average molecular weight is 527 g/mol. The molecular formula is C25H27ClN6O3S. The lowest BCUT2D eigenvalue weighted by Crippen LogP contribution is -2.40. The Labute approximate surface area is 218 Å². The van der Waals surface area contributed by atoms with Gasteiger partial charge in [0.15, 0.2) is 17.3 Å². The number of halogens is 1. The molecule has 1 saturated heterocycles. The van der Waals surface area contributed by atoms with E-state index in [-0.39, 0.29) is 11.3 Å². The van der Waals surface area contributed by atoms with Crippen molar-refractivity contribution in [3.8, 4) is 23.5 Å². The van der Waals surface area contributed by atoms with Crippen LogP contribution in [-0.2, 0) is 23.2 Å². The highest BCUT2D eigenvalue weighted by Gasteiger charge is 2.49. The van der Waals surface area contributed by atoms with Gasteiger partial charge in [0.2, 0.25) is 5.88 Å².